The first kappa shape index (κ1) is 18.3. The summed E-state index contributed by atoms with van der Waals surface area (Å²) in [5.41, 5.74) is 0.800. The van der Waals surface area contributed by atoms with Crippen molar-refractivity contribution in [1.82, 2.24) is 5.32 Å². The quantitative estimate of drug-likeness (QED) is 0.717. The van der Waals surface area contributed by atoms with E-state index in [0.717, 1.165) is 5.56 Å². The largest absolute Gasteiger partial charge is 0.508 e. The molecule has 0 spiro atoms. The van der Waals surface area contributed by atoms with Gasteiger partial charge in [0.2, 0.25) is 5.91 Å². The summed E-state index contributed by atoms with van der Waals surface area (Å²) in [5.74, 6) is -0.000104. The van der Waals surface area contributed by atoms with E-state index in [2.05, 4.69) is 5.32 Å². The molecule has 132 valence electrons. The third kappa shape index (κ3) is 6.18. The Labute approximate surface area is 146 Å². The minimum absolute atomic E-state index is 0.123. The van der Waals surface area contributed by atoms with Crippen LogP contribution < -0.4 is 10.1 Å². The summed E-state index contributed by atoms with van der Waals surface area (Å²) < 4.78 is 10.2. The lowest BCUT2D eigenvalue weighted by molar-refractivity contribution is -0.145. The second-order valence-corrected chi connectivity index (χ2v) is 5.43. The molecule has 2 N–H and O–H groups in total. The fourth-order valence-corrected chi connectivity index (χ4v) is 2.25. The van der Waals surface area contributed by atoms with E-state index < -0.39 is 12.0 Å². The summed E-state index contributed by atoms with van der Waals surface area (Å²) in [6.45, 7) is 0.211. The zero-order valence-electron chi connectivity index (χ0n) is 14.0. The normalized spacial score (nSPS) is 11.4. The number of ether oxygens (including phenoxy) is 2. The van der Waals surface area contributed by atoms with E-state index in [1.807, 2.05) is 18.2 Å². The molecule has 0 saturated heterocycles. The van der Waals surface area contributed by atoms with Gasteiger partial charge in [-0.3, -0.25) is 4.79 Å². The number of aromatic hydroxyl groups is 1. The second-order valence-electron chi connectivity index (χ2n) is 5.43. The van der Waals surface area contributed by atoms with Gasteiger partial charge in [-0.05, 0) is 29.8 Å². The maximum Gasteiger partial charge on any atom is 0.328 e. The van der Waals surface area contributed by atoms with Gasteiger partial charge in [0.15, 0.2) is 0 Å². The highest BCUT2D eigenvalue weighted by Crippen LogP contribution is 2.12. The fraction of sp³-hybridized carbons (Fsp3) is 0.263. The highest BCUT2D eigenvalue weighted by Gasteiger charge is 2.21. The third-order valence-electron chi connectivity index (χ3n) is 3.54. The molecule has 1 amide bonds. The smallest absolute Gasteiger partial charge is 0.328 e. The fourth-order valence-electron chi connectivity index (χ4n) is 2.25. The minimum atomic E-state index is -0.793. The SMILES string of the molecule is COC(=O)C(Cc1ccc(O)cc1)NC(=O)CCOc1ccccc1. The number of benzene rings is 2. The molecule has 0 aliphatic carbocycles. The van der Waals surface area contributed by atoms with Crippen LogP contribution in [-0.2, 0) is 20.7 Å². The van der Waals surface area contributed by atoms with Crippen LogP contribution in [0.3, 0.4) is 0 Å². The second kappa shape index (κ2) is 9.32. The lowest BCUT2D eigenvalue weighted by Crippen LogP contribution is -2.43. The molecule has 2 rings (SSSR count). The Morgan fingerprint density at radius 3 is 2.40 bits per heavy atom. The molecule has 0 radical (unpaired) electrons. The zero-order valence-corrected chi connectivity index (χ0v) is 14.0. The number of phenols is 1. The summed E-state index contributed by atoms with van der Waals surface area (Å²) in [6, 6.07) is 14.8. The number of esters is 1. The first-order valence-electron chi connectivity index (χ1n) is 7.91. The number of hydrogen-bond donors (Lipinski definition) is 2. The number of rotatable bonds is 8. The van der Waals surface area contributed by atoms with E-state index in [4.69, 9.17) is 9.47 Å². The van der Waals surface area contributed by atoms with Gasteiger partial charge < -0.3 is 19.9 Å². The highest BCUT2D eigenvalue weighted by molar-refractivity contribution is 5.84. The first-order chi connectivity index (χ1) is 12.1. The van der Waals surface area contributed by atoms with Crippen molar-refractivity contribution in [3.8, 4) is 11.5 Å². The molecular weight excluding hydrogens is 322 g/mol. The maximum atomic E-state index is 12.1. The average Bonchev–Trinajstić information content (AvgIpc) is 2.63. The van der Waals surface area contributed by atoms with Gasteiger partial charge >= 0.3 is 5.97 Å². The van der Waals surface area contributed by atoms with Gasteiger partial charge in [0.1, 0.15) is 17.5 Å². The van der Waals surface area contributed by atoms with E-state index in [-0.39, 0.29) is 31.1 Å². The van der Waals surface area contributed by atoms with E-state index >= 15 is 0 Å². The molecule has 0 heterocycles. The van der Waals surface area contributed by atoms with Crippen LogP contribution in [0, 0.1) is 0 Å². The minimum Gasteiger partial charge on any atom is -0.508 e. The van der Waals surface area contributed by atoms with Gasteiger partial charge in [0, 0.05) is 6.42 Å². The lowest BCUT2D eigenvalue weighted by atomic mass is 10.1. The molecule has 0 aliphatic rings. The molecular formula is C19H21NO5. The monoisotopic (exact) mass is 343 g/mol. The topological polar surface area (TPSA) is 84.9 Å². The Balaban J connectivity index is 1.86. The molecule has 25 heavy (non-hydrogen) atoms. The van der Waals surface area contributed by atoms with Crippen LogP contribution in [0.5, 0.6) is 11.5 Å². The van der Waals surface area contributed by atoms with Crippen LogP contribution >= 0.6 is 0 Å². The van der Waals surface area contributed by atoms with Crippen molar-refractivity contribution < 1.29 is 24.2 Å². The molecule has 0 aliphatic heterocycles. The molecule has 1 atom stereocenters. The number of phenolic OH excluding ortho intramolecular Hbond substituents is 1. The number of para-hydroxylation sites is 1. The van der Waals surface area contributed by atoms with Crippen LogP contribution in [0.25, 0.3) is 0 Å². The predicted molar refractivity (Wildman–Crippen MR) is 92.3 cm³/mol. The Bertz CT molecular complexity index is 685. The molecule has 6 heteroatoms. The van der Waals surface area contributed by atoms with E-state index in [1.54, 1.807) is 24.3 Å². The lowest BCUT2D eigenvalue weighted by Gasteiger charge is -2.17. The molecule has 6 nitrogen and oxygen atoms in total. The number of amides is 1. The number of nitrogens with one attached hydrogen (secondary N) is 1. The van der Waals surface area contributed by atoms with Crippen LogP contribution in [0.4, 0.5) is 0 Å². The van der Waals surface area contributed by atoms with Gasteiger partial charge in [0.25, 0.3) is 0 Å². The summed E-state index contributed by atoms with van der Waals surface area (Å²) in [7, 11) is 1.27. The summed E-state index contributed by atoms with van der Waals surface area (Å²) in [5, 5.41) is 12.0. The van der Waals surface area contributed by atoms with Crippen LogP contribution in [0.15, 0.2) is 54.6 Å². The Morgan fingerprint density at radius 2 is 1.76 bits per heavy atom. The zero-order chi connectivity index (χ0) is 18.1. The molecule has 2 aromatic rings. The van der Waals surface area contributed by atoms with Crippen molar-refractivity contribution in [2.24, 2.45) is 0 Å². The van der Waals surface area contributed by atoms with Crippen LogP contribution in [0.2, 0.25) is 0 Å². The molecule has 0 aromatic heterocycles. The highest BCUT2D eigenvalue weighted by atomic mass is 16.5. The van der Waals surface area contributed by atoms with Gasteiger partial charge in [-0.15, -0.1) is 0 Å². The van der Waals surface area contributed by atoms with Crippen molar-refractivity contribution in [3.63, 3.8) is 0 Å². The van der Waals surface area contributed by atoms with Crippen molar-refractivity contribution in [1.29, 1.82) is 0 Å². The Kier molecular flexibility index (Phi) is 6.83. The third-order valence-corrected chi connectivity index (χ3v) is 3.54. The van der Waals surface area contributed by atoms with E-state index in [9.17, 15) is 14.7 Å². The maximum absolute atomic E-state index is 12.1. The standard InChI is InChI=1S/C19H21NO5/c1-24-19(23)17(13-14-7-9-15(21)10-8-14)20-18(22)11-12-25-16-5-3-2-4-6-16/h2-10,17,21H,11-13H2,1H3,(H,20,22). The molecule has 1 unspecified atom stereocenters. The van der Waals surface area contributed by atoms with Gasteiger partial charge in [-0.2, -0.15) is 0 Å². The number of carbonyl (C=O) groups is 2. The number of carbonyl (C=O) groups excluding carboxylic acids is 2. The molecule has 0 fully saturated rings. The summed E-state index contributed by atoms with van der Waals surface area (Å²) >= 11 is 0. The van der Waals surface area contributed by atoms with Gasteiger partial charge in [-0.25, -0.2) is 4.79 Å². The number of hydrogen-bond acceptors (Lipinski definition) is 5. The molecule has 2 aromatic carbocycles. The van der Waals surface area contributed by atoms with Crippen LogP contribution in [-0.4, -0.2) is 36.7 Å². The Hall–Kier alpha value is -3.02. The Morgan fingerprint density at radius 1 is 1.08 bits per heavy atom. The van der Waals surface area contributed by atoms with Crippen LogP contribution in [0.1, 0.15) is 12.0 Å². The van der Waals surface area contributed by atoms with Crippen molar-refractivity contribution >= 4 is 11.9 Å². The van der Waals surface area contributed by atoms with E-state index in [1.165, 1.54) is 19.2 Å². The van der Waals surface area contributed by atoms with Gasteiger partial charge in [-0.1, -0.05) is 30.3 Å². The first-order valence-corrected chi connectivity index (χ1v) is 7.91. The van der Waals surface area contributed by atoms with Gasteiger partial charge in [0.05, 0.1) is 20.1 Å². The predicted octanol–water partition coefficient (Wildman–Crippen LogP) is 2.06. The van der Waals surface area contributed by atoms with E-state index in [0.29, 0.717) is 5.75 Å². The number of methoxy groups -OCH3 is 1. The molecule has 0 bridgehead atoms. The average molecular weight is 343 g/mol. The van der Waals surface area contributed by atoms with Crippen molar-refractivity contribution in [3.05, 3.63) is 60.2 Å². The summed E-state index contributed by atoms with van der Waals surface area (Å²) in [6.07, 6.45) is 0.399. The summed E-state index contributed by atoms with van der Waals surface area (Å²) in [4.78, 5) is 24.0. The van der Waals surface area contributed by atoms with Crippen molar-refractivity contribution in [2.75, 3.05) is 13.7 Å². The van der Waals surface area contributed by atoms with Crippen molar-refractivity contribution in [2.45, 2.75) is 18.9 Å². The molecule has 0 saturated carbocycles.